The highest BCUT2D eigenvalue weighted by Gasteiger charge is 2.11. The monoisotopic (exact) mass is 296 g/mol. The second-order valence-corrected chi connectivity index (χ2v) is 5.91. The molecule has 4 N–H and O–H groups in total. The number of anilines is 1. The Bertz CT molecular complexity index is 437. The van der Waals surface area contributed by atoms with Gasteiger partial charge in [-0.2, -0.15) is 11.8 Å². The van der Waals surface area contributed by atoms with E-state index in [-0.39, 0.29) is 11.8 Å². The van der Waals surface area contributed by atoms with Crippen molar-refractivity contribution in [3.8, 4) is 0 Å². The number of carbonyl (C=O) groups excluding carboxylic acids is 1. The van der Waals surface area contributed by atoms with Gasteiger partial charge in [0.15, 0.2) is 0 Å². The molecule has 112 valence electrons. The molecule has 6 heteroatoms. The summed E-state index contributed by atoms with van der Waals surface area (Å²) in [4.78, 5) is 16.4. The van der Waals surface area contributed by atoms with E-state index in [9.17, 15) is 4.79 Å². The van der Waals surface area contributed by atoms with Crippen molar-refractivity contribution in [2.75, 3.05) is 24.0 Å². The number of hydrazine groups is 1. The summed E-state index contributed by atoms with van der Waals surface area (Å²) in [5.74, 6) is 7.22. The maximum absolute atomic E-state index is 12.1. The number of hydrogen-bond donors (Lipinski definition) is 3. The summed E-state index contributed by atoms with van der Waals surface area (Å²) >= 11 is 1.82. The van der Waals surface area contributed by atoms with Crippen LogP contribution in [0.2, 0.25) is 0 Å². The molecule has 0 spiro atoms. The van der Waals surface area contributed by atoms with Crippen molar-refractivity contribution in [1.29, 1.82) is 0 Å². The number of hydrogen-bond acceptors (Lipinski definition) is 5. The van der Waals surface area contributed by atoms with Crippen LogP contribution in [0.3, 0.4) is 0 Å². The van der Waals surface area contributed by atoms with Gasteiger partial charge in [-0.15, -0.1) is 0 Å². The lowest BCUT2D eigenvalue weighted by molar-refractivity contribution is 0.0953. The molecule has 0 unspecified atom stereocenters. The van der Waals surface area contributed by atoms with Crippen molar-refractivity contribution >= 4 is 23.5 Å². The molecule has 5 nitrogen and oxygen atoms in total. The zero-order valence-corrected chi connectivity index (χ0v) is 13.2. The van der Waals surface area contributed by atoms with Crippen LogP contribution >= 0.6 is 11.8 Å². The number of aromatic nitrogens is 1. The smallest absolute Gasteiger partial charge is 0.251 e. The van der Waals surface area contributed by atoms with Gasteiger partial charge in [-0.1, -0.05) is 13.8 Å². The van der Waals surface area contributed by atoms with Crippen LogP contribution in [0, 0.1) is 0 Å². The van der Waals surface area contributed by atoms with Crippen molar-refractivity contribution in [2.24, 2.45) is 5.84 Å². The Balaban J connectivity index is 2.64. The van der Waals surface area contributed by atoms with Crippen molar-refractivity contribution in [3.63, 3.8) is 0 Å². The number of thioether (sulfide) groups is 1. The van der Waals surface area contributed by atoms with Gasteiger partial charge in [0, 0.05) is 17.8 Å². The van der Waals surface area contributed by atoms with E-state index in [2.05, 4.69) is 22.0 Å². The Morgan fingerprint density at radius 3 is 2.75 bits per heavy atom. The largest absolute Gasteiger partial charge is 0.352 e. The molecule has 0 fully saturated rings. The Morgan fingerprint density at radius 1 is 1.40 bits per heavy atom. The number of nitrogens with two attached hydrogens (primary N) is 1. The van der Waals surface area contributed by atoms with Crippen molar-refractivity contribution in [1.82, 2.24) is 10.3 Å². The summed E-state index contributed by atoms with van der Waals surface area (Å²) in [6, 6.07) is 3.49. The van der Waals surface area contributed by atoms with Gasteiger partial charge in [-0.3, -0.25) is 4.79 Å². The number of unbranched alkanes of at least 4 members (excludes halogenated alkanes) is 1. The van der Waals surface area contributed by atoms with Crippen molar-refractivity contribution in [2.45, 2.75) is 32.6 Å². The van der Waals surface area contributed by atoms with Crippen molar-refractivity contribution in [3.05, 3.63) is 23.4 Å². The van der Waals surface area contributed by atoms with Crippen LogP contribution in [0.15, 0.2) is 12.1 Å². The van der Waals surface area contributed by atoms with Gasteiger partial charge in [0.25, 0.3) is 5.91 Å². The van der Waals surface area contributed by atoms with Crippen LogP contribution in [0.1, 0.15) is 48.7 Å². The molecule has 0 aliphatic carbocycles. The van der Waals surface area contributed by atoms with Gasteiger partial charge in [0.2, 0.25) is 0 Å². The first-order valence-electron chi connectivity index (χ1n) is 6.84. The van der Waals surface area contributed by atoms with Gasteiger partial charge in [-0.05, 0) is 42.9 Å². The van der Waals surface area contributed by atoms with E-state index in [1.54, 1.807) is 6.07 Å². The van der Waals surface area contributed by atoms with Crippen LogP contribution in [-0.4, -0.2) is 29.4 Å². The third-order valence-electron chi connectivity index (χ3n) is 2.91. The summed E-state index contributed by atoms with van der Waals surface area (Å²) < 4.78 is 0. The minimum Gasteiger partial charge on any atom is -0.352 e. The highest BCUT2D eigenvalue weighted by molar-refractivity contribution is 7.98. The second-order valence-electron chi connectivity index (χ2n) is 4.92. The highest BCUT2D eigenvalue weighted by atomic mass is 32.2. The average molecular weight is 296 g/mol. The van der Waals surface area contributed by atoms with Gasteiger partial charge < -0.3 is 10.7 Å². The molecule has 20 heavy (non-hydrogen) atoms. The Hall–Kier alpha value is -1.27. The molecule has 0 aliphatic rings. The first-order chi connectivity index (χ1) is 9.58. The van der Waals surface area contributed by atoms with Gasteiger partial charge in [0.1, 0.15) is 5.82 Å². The molecule has 1 rings (SSSR count). The van der Waals surface area contributed by atoms with E-state index in [0.29, 0.717) is 17.9 Å². The van der Waals surface area contributed by atoms with Crippen molar-refractivity contribution < 1.29 is 4.79 Å². The summed E-state index contributed by atoms with van der Waals surface area (Å²) in [5, 5.41) is 2.93. The van der Waals surface area contributed by atoms with Crippen LogP contribution in [0.4, 0.5) is 5.82 Å². The molecule has 0 saturated heterocycles. The minimum atomic E-state index is -0.0741. The van der Waals surface area contributed by atoms with Crippen LogP contribution < -0.4 is 16.6 Å². The summed E-state index contributed by atoms with van der Waals surface area (Å²) in [6.07, 6.45) is 4.20. The maximum Gasteiger partial charge on any atom is 0.251 e. The molecular weight excluding hydrogens is 272 g/mol. The number of nitrogen functional groups attached to an aromatic ring is 1. The fourth-order valence-corrected chi connectivity index (χ4v) is 2.22. The number of nitrogens with one attached hydrogen (secondary N) is 2. The zero-order valence-electron chi connectivity index (χ0n) is 12.4. The minimum absolute atomic E-state index is 0.0741. The molecule has 0 aromatic carbocycles. The van der Waals surface area contributed by atoms with E-state index in [4.69, 9.17) is 5.84 Å². The van der Waals surface area contributed by atoms with E-state index >= 15 is 0 Å². The van der Waals surface area contributed by atoms with E-state index in [1.807, 2.05) is 31.7 Å². The number of nitrogens with zero attached hydrogens (tertiary/aromatic N) is 1. The summed E-state index contributed by atoms with van der Waals surface area (Å²) in [5.41, 5.74) is 3.96. The average Bonchev–Trinajstić information content (AvgIpc) is 2.46. The van der Waals surface area contributed by atoms with Crippen LogP contribution in [0.5, 0.6) is 0 Å². The summed E-state index contributed by atoms with van der Waals surface area (Å²) in [6.45, 7) is 4.77. The topological polar surface area (TPSA) is 80.0 Å². The van der Waals surface area contributed by atoms with E-state index in [1.165, 1.54) is 0 Å². The number of carbonyl (C=O) groups is 1. The first-order valence-corrected chi connectivity index (χ1v) is 8.23. The predicted molar refractivity (Wildman–Crippen MR) is 86.1 cm³/mol. The molecule has 0 saturated carbocycles. The highest BCUT2D eigenvalue weighted by Crippen LogP contribution is 2.17. The predicted octanol–water partition coefficient (Wildman–Crippen LogP) is 2.36. The third kappa shape index (κ3) is 5.38. The molecule has 0 aliphatic heterocycles. The standard InChI is InChI=1S/C14H24N4OS/c1-10(2)12-8-11(9-13(17-12)18-15)14(19)16-6-4-5-7-20-3/h8-10H,4-7,15H2,1-3H3,(H,16,19)(H,17,18). The Morgan fingerprint density at radius 2 is 2.15 bits per heavy atom. The van der Waals surface area contributed by atoms with Gasteiger partial charge in [-0.25, -0.2) is 10.8 Å². The van der Waals surface area contributed by atoms with Crippen LogP contribution in [0.25, 0.3) is 0 Å². The second kappa shape index (κ2) is 8.81. The third-order valence-corrected chi connectivity index (χ3v) is 3.60. The van der Waals surface area contributed by atoms with E-state index < -0.39 is 0 Å². The SMILES string of the molecule is CSCCCCNC(=O)c1cc(NN)nc(C(C)C)c1. The molecule has 1 heterocycles. The molecule has 0 radical (unpaired) electrons. The molecule has 1 aromatic rings. The van der Waals surface area contributed by atoms with E-state index in [0.717, 1.165) is 24.3 Å². The van der Waals surface area contributed by atoms with Crippen LogP contribution in [-0.2, 0) is 0 Å². The summed E-state index contributed by atoms with van der Waals surface area (Å²) in [7, 11) is 0. The molecule has 0 atom stereocenters. The zero-order chi connectivity index (χ0) is 15.0. The molecule has 1 aromatic heterocycles. The molecule has 1 amide bonds. The normalized spacial score (nSPS) is 10.7. The fraction of sp³-hybridized carbons (Fsp3) is 0.571. The molecular formula is C14H24N4OS. The molecule has 0 bridgehead atoms. The quantitative estimate of drug-likeness (QED) is 0.390. The first kappa shape index (κ1) is 16.8. The van der Waals surface area contributed by atoms with Gasteiger partial charge >= 0.3 is 0 Å². The lowest BCUT2D eigenvalue weighted by atomic mass is 10.1. The number of pyridine rings is 1. The Labute approximate surface area is 125 Å². The number of rotatable bonds is 8. The lowest BCUT2D eigenvalue weighted by Gasteiger charge is -2.11. The lowest BCUT2D eigenvalue weighted by Crippen LogP contribution is -2.25. The maximum atomic E-state index is 12.1. The Kier molecular flexibility index (Phi) is 7.40. The van der Waals surface area contributed by atoms with Gasteiger partial charge in [0.05, 0.1) is 0 Å². The fourth-order valence-electron chi connectivity index (χ4n) is 1.73. The number of amides is 1.